The Kier molecular flexibility index (Phi) is 4.60. The van der Waals surface area contributed by atoms with Crippen LogP contribution in [0.1, 0.15) is 53.9 Å². The van der Waals surface area contributed by atoms with Gasteiger partial charge in [0.25, 0.3) is 0 Å². The molecule has 0 radical (unpaired) electrons. The summed E-state index contributed by atoms with van der Waals surface area (Å²) in [5, 5.41) is 3.57. The summed E-state index contributed by atoms with van der Waals surface area (Å²) >= 11 is 0. The molecule has 0 amide bonds. The summed E-state index contributed by atoms with van der Waals surface area (Å²) in [5.74, 6) is 0. The molecule has 2 nitrogen and oxygen atoms in total. The maximum atomic E-state index is 3.57. The fourth-order valence-corrected chi connectivity index (χ4v) is 2.48. The molecule has 15 heavy (non-hydrogen) atoms. The zero-order valence-corrected chi connectivity index (χ0v) is 11.1. The third kappa shape index (κ3) is 4.52. The molecule has 1 fully saturated rings. The molecule has 0 aromatic heterocycles. The first-order chi connectivity index (χ1) is 6.90. The maximum absolute atomic E-state index is 3.57. The summed E-state index contributed by atoms with van der Waals surface area (Å²) in [6.45, 7) is 13.7. The van der Waals surface area contributed by atoms with Gasteiger partial charge in [0.15, 0.2) is 0 Å². The summed E-state index contributed by atoms with van der Waals surface area (Å²) in [5.41, 5.74) is 0.252. The molecule has 0 spiro atoms. The van der Waals surface area contributed by atoms with Crippen LogP contribution in [0.3, 0.4) is 0 Å². The van der Waals surface area contributed by atoms with Gasteiger partial charge in [-0.3, -0.25) is 4.90 Å². The standard InChI is InChI=1S/C13H28N2/c1-11-7-6-8-12(2)15(11)10-9-14-13(3,4)5/h11-12,14H,6-10H2,1-5H3. The van der Waals surface area contributed by atoms with Crippen molar-refractivity contribution in [2.45, 2.75) is 71.5 Å². The summed E-state index contributed by atoms with van der Waals surface area (Å²) < 4.78 is 0. The highest BCUT2D eigenvalue weighted by Crippen LogP contribution is 2.21. The molecule has 0 aromatic carbocycles. The predicted molar refractivity (Wildman–Crippen MR) is 67.2 cm³/mol. The van der Waals surface area contributed by atoms with E-state index in [0.717, 1.165) is 18.6 Å². The Morgan fingerprint density at radius 3 is 2.13 bits per heavy atom. The molecule has 1 aliphatic rings. The highest BCUT2D eigenvalue weighted by molar-refractivity contribution is 4.81. The molecule has 1 saturated heterocycles. The molecular formula is C13H28N2. The van der Waals surface area contributed by atoms with Gasteiger partial charge in [-0.05, 0) is 47.5 Å². The Balaban J connectivity index is 2.29. The van der Waals surface area contributed by atoms with Crippen LogP contribution in [0.5, 0.6) is 0 Å². The van der Waals surface area contributed by atoms with Crippen LogP contribution in [-0.2, 0) is 0 Å². The molecule has 1 N–H and O–H groups in total. The molecule has 0 saturated carbocycles. The Morgan fingerprint density at radius 2 is 1.67 bits per heavy atom. The largest absolute Gasteiger partial charge is 0.311 e. The van der Waals surface area contributed by atoms with E-state index in [9.17, 15) is 0 Å². The minimum absolute atomic E-state index is 0.252. The highest BCUT2D eigenvalue weighted by atomic mass is 15.2. The van der Waals surface area contributed by atoms with Crippen molar-refractivity contribution in [3.8, 4) is 0 Å². The number of hydrogen-bond donors (Lipinski definition) is 1. The van der Waals surface area contributed by atoms with Crippen molar-refractivity contribution in [1.29, 1.82) is 0 Å². The van der Waals surface area contributed by atoms with Gasteiger partial charge in [0.05, 0.1) is 0 Å². The Morgan fingerprint density at radius 1 is 1.13 bits per heavy atom. The zero-order valence-electron chi connectivity index (χ0n) is 11.1. The quantitative estimate of drug-likeness (QED) is 0.773. The lowest BCUT2D eigenvalue weighted by Crippen LogP contribution is -2.48. The number of rotatable bonds is 3. The fraction of sp³-hybridized carbons (Fsp3) is 1.00. The lowest BCUT2D eigenvalue weighted by Gasteiger charge is -2.39. The molecule has 1 rings (SSSR count). The molecule has 2 heteroatoms. The normalized spacial score (nSPS) is 29.4. The van der Waals surface area contributed by atoms with Crippen LogP contribution in [0, 0.1) is 0 Å². The van der Waals surface area contributed by atoms with Crippen molar-refractivity contribution in [2.24, 2.45) is 0 Å². The average Bonchev–Trinajstić information content (AvgIpc) is 2.08. The van der Waals surface area contributed by atoms with Crippen molar-refractivity contribution in [2.75, 3.05) is 13.1 Å². The van der Waals surface area contributed by atoms with Crippen molar-refractivity contribution >= 4 is 0 Å². The highest BCUT2D eigenvalue weighted by Gasteiger charge is 2.24. The average molecular weight is 212 g/mol. The van der Waals surface area contributed by atoms with Crippen LogP contribution in [0.15, 0.2) is 0 Å². The number of piperidine rings is 1. The second-order valence-corrected chi connectivity index (χ2v) is 6.04. The smallest absolute Gasteiger partial charge is 0.0113 e. The van der Waals surface area contributed by atoms with Crippen LogP contribution in [0.25, 0.3) is 0 Å². The van der Waals surface area contributed by atoms with Crippen molar-refractivity contribution in [1.82, 2.24) is 10.2 Å². The molecule has 1 heterocycles. The molecule has 0 aromatic rings. The van der Waals surface area contributed by atoms with Crippen LogP contribution in [-0.4, -0.2) is 35.6 Å². The molecule has 0 bridgehead atoms. The van der Waals surface area contributed by atoms with Crippen molar-refractivity contribution in [3.05, 3.63) is 0 Å². The number of hydrogen-bond acceptors (Lipinski definition) is 2. The van der Waals surface area contributed by atoms with Crippen LogP contribution in [0.2, 0.25) is 0 Å². The van der Waals surface area contributed by atoms with Gasteiger partial charge < -0.3 is 5.32 Å². The van der Waals surface area contributed by atoms with E-state index in [4.69, 9.17) is 0 Å². The maximum Gasteiger partial charge on any atom is 0.0113 e. The summed E-state index contributed by atoms with van der Waals surface area (Å²) in [6.07, 6.45) is 4.16. The van der Waals surface area contributed by atoms with Gasteiger partial charge in [-0.25, -0.2) is 0 Å². The zero-order chi connectivity index (χ0) is 11.5. The summed E-state index contributed by atoms with van der Waals surface area (Å²) in [4.78, 5) is 2.66. The molecular weight excluding hydrogens is 184 g/mol. The Labute approximate surface area is 95.4 Å². The topological polar surface area (TPSA) is 15.3 Å². The van der Waals surface area contributed by atoms with Crippen LogP contribution < -0.4 is 5.32 Å². The third-order valence-electron chi connectivity index (χ3n) is 3.40. The molecule has 0 aliphatic carbocycles. The van der Waals surface area contributed by atoms with E-state index >= 15 is 0 Å². The second kappa shape index (κ2) is 5.31. The monoisotopic (exact) mass is 212 g/mol. The summed E-state index contributed by atoms with van der Waals surface area (Å²) in [6, 6.07) is 1.55. The first-order valence-electron chi connectivity index (χ1n) is 6.41. The van der Waals surface area contributed by atoms with Gasteiger partial charge in [0.2, 0.25) is 0 Å². The van der Waals surface area contributed by atoms with Crippen LogP contribution >= 0.6 is 0 Å². The van der Waals surface area contributed by atoms with Gasteiger partial charge >= 0.3 is 0 Å². The first-order valence-corrected chi connectivity index (χ1v) is 6.41. The Hall–Kier alpha value is -0.0800. The lowest BCUT2D eigenvalue weighted by molar-refractivity contribution is 0.102. The molecule has 2 unspecified atom stereocenters. The predicted octanol–water partition coefficient (Wildman–Crippen LogP) is 2.64. The minimum atomic E-state index is 0.252. The number of nitrogens with one attached hydrogen (secondary N) is 1. The van der Waals surface area contributed by atoms with Gasteiger partial charge in [0, 0.05) is 30.7 Å². The van der Waals surface area contributed by atoms with E-state index in [1.54, 1.807) is 0 Å². The van der Waals surface area contributed by atoms with E-state index in [2.05, 4.69) is 44.8 Å². The minimum Gasteiger partial charge on any atom is -0.311 e. The first kappa shape index (κ1) is 13.0. The second-order valence-electron chi connectivity index (χ2n) is 6.04. The van der Waals surface area contributed by atoms with E-state index < -0.39 is 0 Å². The van der Waals surface area contributed by atoms with E-state index in [-0.39, 0.29) is 5.54 Å². The number of likely N-dealkylation sites (tertiary alicyclic amines) is 1. The van der Waals surface area contributed by atoms with E-state index in [0.29, 0.717) is 0 Å². The van der Waals surface area contributed by atoms with Gasteiger partial charge in [-0.2, -0.15) is 0 Å². The van der Waals surface area contributed by atoms with Crippen molar-refractivity contribution < 1.29 is 0 Å². The lowest BCUT2D eigenvalue weighted by atomic mass is 9.97. The third-order valence-corrected chi connectivity index (χ3v) is 3.40. The number of nitrogens with zero attached hydrogens (tertiary/aromatic N) is 1. The molecule has 90 valence electrons. The summed E-state index contributed by atoms with van der Waals surface area (Å²) in [7, 11) is 0. The van der Waals surface area contributed by atoms with E-state index in [1.807, 2.05) is 0 Å². The van der Waals surface area contributed by atoms with Crippen LogP contribution in [0.4, 0.5) is 0 Å². The van der Waals surface area contributed by atoms with Crippen molar-refractivity contribution in [3.63, 3.8) is 0 Å². The molecule has 1 aliphatic heterocycles. The SMILES string of the molecule is CC1CCCC(C)N1CCNC(C)(C)C. The Bertz CT molecular complexity index is 173. The van der Waals surface area contributed by atoms with Gasteiger partial charge in [0.1, 0.15) is 0 Å². The molecule has 2 atom stereocenters. The fourth-order valence-electron chi connectivity index (χ4n) is 2.48. The van der Waals surface area contributed by atoms with Gasteiger partial charge in [-0.1, -0.05) is 6.42 Å². The van der Waals surface area contributed by atoms with Gasteiger partial charge in [-0.15, -0.1) is 0 Å². The van der Waals surface area contributed by atoms with E-state index in [1.165, 1.54) is 25.8 Å².